The van der Waals surface area contributed by atoms with Gasteiger partial charge in [-0.2, -0.15) is 13.2 Å². The van der Waals surface area contributed by atoms with Crippen LogP contribution in [0.3, 0.4) is 0 Å². The smallest absolute Gasteiger partial charge is 0.401 e. The maximum absolute atomic E-state index is 12.1. The average Bonchev–Trinajstić information content (AvgIpc) is 2.20. The van der Waals surface area contributed by atoms with Gasteiger partial charge in [-0.3, -0.25) is 15.0 Å². The van der Waals surface area contributed by atoms with Crippen LogP contribution >= 0.6 is 0 Å². The summed E-state index contributed by atoms with van der Waals surface area (Å²) in [4.78, 5) is 12.5. The quantitative estimate of drug-likeness (QED) is 0.642. The highest BCUT2D eigenvalue weighted by Gasteiger charge is 2.33. The Kier molecular flexibility index (Phi) is 7.51. The Morgan fingerprint density at radius 3 is 2.25 bits per heavy atom. The van der Waals surface area contributed by atoms with Crippen molar-refractivity contribution in [2.75, 3.05) is 20.1 Å². The van der Waals surface area contributed by atoms with Gasteiger partial charge in [0.25, 0.3) is 0 Å². The molecule has 0 heterocycles. The number of carboxylic acids is 1. The van der Waals surface area contributed by atoms with E-state index in [0.717, 1.165) is 0 Å². The van der Waals surface area contributed by atoms with E-state index in [4.69, 9.17) is 0 Å². The predicted octanol–water partition coefficient (Wildman–Crippen LogP) is 2.49. The highest BCUT2D eigenvalue weighted by Crippen LogP contribution is 2.18. The SMILES string of the molecule is CC(C)NC(C)(CCCCN(C)CC(F)(F)F)C(=O)O. The Balaban J connectivity index is 4.11. The Labute approximate surface area is 118 Å². The number of carboxylic acid groups (broad SMARTS) is 1. The molecule has 0 saturated carbocycles. The van der Waals surface area contributed by atoms with Crippen molar-refractivity contribution in [1.82, 2.24) is 10.2 Å². The molecule has 0 bridgehead atoms. The summed E-state index contributed by atoms with van der Waals surface area (Å²) in [5.74, 6) is -0.935. The monoisotopic (exact) mass is 298 g/mol. The van der Waals surface area contributed by atoms with Gasteiger partial charge in [0.15, 0.2) is 0 Å². The van der Waals surface area contributed by atoms with Crippen molar-refractivity contribution in [3.05, 3.63) is 0 Å². The van der Waals surface area contributed by atoms with E-state index in [-0.39, 0.29) is 6.04 Å². The molecule has 0 spiro atoms. The predicted molar refractivity (Wildman–Crippen MR) is 71.7 cm³/mol. The molecule has 0 aliphatic heterocycles. The van der Waals surface area contributed by atoms with Crippen molar-refractivity contribution >= 4 is 5.97 Å². The number of nitrogens with zero attached hydrogens (tertiary/aromatic N) is 1. The second-order valence-electron chi connectivity index (χ2n) is 5.75. The van der Waals surface area contributed by atoms with E-state index >= 15 is 0 Å². The van der Waals surface area contributed by atoms with E-state index in [0.29, 0.717) is 25.8 Å². The maximum Gasteiger partial charge on any atom is 0.401 e. The molecule has 7 heteroatoms. The maximum atomic E-state index is 12.1. The van der Waals surface area contributed by atoms with Crippen LogP contribution in [0.4, 0.5) is 13.2 Å². The molecule has 20 heavy (non-hydrogen) atoms. The van der Waals surface area contributed by atoms with Gasteiger partial charge in [-0.05, 0) is 53.6 Å². The minimum Gasteiger partial charge on any atom is -0.480 e. The van der Waals surface area contributed by atoms with Gasteiger partial charge in [-0.15, -0.1) is 0 Å². The Hall–Kier alpha value is -0.820. The van der Waals surface area contributed by atoms with Crippen LogP contribution in [-0.4, -0.2) is 53.9 Å². The molecule has 2 N–H and O–H groups in total. The fourth-order valence-electron chi connectivity index (χ4n) is 2.12. The van der Waals surface area contributed by atoms with E-state index in [2.05, 4.69) is 5.32 Å². The summed E-state index contributed by atoms with van der Waals surface area (Å²) in [6.45, 7) is 4.69. The number of hydrogen-bond donors (Lipinski definition) is 2. The van der Waals surface area contributed by atoms with Crippen molar-refractivity contribution in [2.45, 2.75) is 57.8 Å². The highest BCUT2D eigenvalue weighted by molar-refractivity contribution is 5.78. The van der Waals surface area contributed by atoms with Gasteiger partial charge in [-0.1, -0.05) is 0 Å². The number of hydrogen-bond acceptors (Lipinski definition) is 3. The summed E-state index contributed by atoms with van der Waals surface area (Å²) in [6, 6.07) is 0.0315. The molecule has 1 unspecified atom stereocenters. The zero-order valence-corrected chi connectivity index (χ0v) is 12.5. The lowest BCUT2D eigenvalue weighted by Crippen LogP contribution is -2.52. The third-order valence-corrected chi connectivity index (χ3v) is 3.00. The summed E-state index contributed by atoms with van der Waals surface area (Å²) in [7, 11) is 1.41. The molecule has 1 atom stereocenters. The number of alkyl halides is 3. The van der Waals surface area contributed by atoms with Crippen molar-refractivity contribution in [3.63, 3.8) is 0 Å². The van der Waals surface area contributed by atoms with E-state index in [9.17, 15) is 23.1 Å². The first kappa shape index (κ1) is 19.2. The number of aliphatic carboxylic acids is 1. The first-order chi connectivity index (χ1) is 8.96. The van der Waals surface area contributed by atoms with Crippen LogP contribution in [0.25, 0.3) is 0 Å². The minimum atomic E-state index is -4.19. The molecule has 120 valence electrons. The van der Waals surface area contributed by atoms with E-state index < -0.39 is 24.2 Å². The molecular weight excluding hydrogens is 273 g/mol. The number of unbranched alkanes of at least 4 members (excludes halogenated alkanes) is 1. The van der Waals surface area contributed by atoms with E-state index in [1.165, 1.54) is 11.9 Å². The molecular formula is C13H25F3N2O2. The largest absolute Gasteiger partial charge is 0.480 e. The fourth-order valence-corrected chi connectivity index (χ4v) is 2.12. The number of rotatable bonds is 9. The third kappa shape index (κ3) is 8.37. The zero-order valence-electron chi connectivity index (χ0n) is 12.5. The molecule has 0 saturated heterocycles. The molecule has 0 aromatic rings. The van der Waals surface area contributed by atoms with Gasteiger partial charge in [0.1, 0.15) is 5.54 Å². The van der Waals surface area contributed by atoms with Crippen LogP contribution in [0.15, 0.2) is 0 Å². The number of halogens is 3. The Morgan fingerprint density at radius 2 is 1.85 bits per heavy atom. The summed E-state index contributed by atoms with van der Waals surface area (Å²) >= 11 is 0. The lowest BCUT2D eigenvalue weighted by atomic mass is 9.94. The standard InChI is InChI=1S/C13H25F3N2O2/c1-10(2)17-12(3,11(19)20)7-5-6-8-18(4)9-13(14,15)16/h10,17H,5-9H2,1-4H3,(H,19,20). The fraction of sp³-hybridized carbons (Fsp3) is 0.923. The van der Waals surface area contributed by atoms with Crippen molar-refractivity contribution in [3.8, 4) is 0 Å². The summed E-state index contributed by atoms with van der Waals surface area (Å²) < 4.78 is 36.4. The van der Waals surface area contributed by atoms with Crippen LogP contribution in [0, 0.1) is 0 Å². The van der Waals surface area contributed by atoms with Crippen LogP contribution in [0.1, 0.15) is 40.0 Å². The van der Waals surface area contributed by atoms with Crippen LogP contribution in [0.5, 0.6) is 0 Å². The van der Waals surface area contributed by atoms with Gasteiger partial charge >= 0.3 is 12.1 Å². The van der Waals surface area contributed by atoms with Crippen molar-refractivity contribution in [2.24, 2.45) is 0 Å². The molecule has 0 aliphatic carbocycles. The first-order valence-electron chi connectivity index (χ1n) is 6.72. The minimum absolute atomic E-state index is 0.0315. The third-order valence-electron chi connectivity index (χ3n) is 3.00. The molecule has 0 aromatic heterocycles. The van der Waals surface area contributed by atoms with Gasteiger partial charge in [0.05, 0.1) is 6.54 Å². The normalized spacial score (nSPS) is 15.7. The second kappa shape index (κ2) is 7.83. The molecule has 0 rings (SSSR count). The van der Waals surface area contributed by atoms with Gasteiger partial charge in [0.2, 0.25) is 0 Å². The lowest BCUT2D eigenvalue weighted by molar-refractivity contribution is -0.144. The number of carbonyl (C=O) groups is 1. The van der Waals surface area contributed by atoms with Crippen molar-refractivity contribution < 1.29 is 23.1 Å². The molecule has 0 aromatic carbocycles. The first-order valence-corrected chi connectivity index (χ1v) is 6.72. The molecule has 4 nitrogen and oxygen atoms in total. The lowest BCUT2D eigenvalue weighted by Gasteiger charge is -2.29. The average molecular weight is 298 g/mol. The molecule has 0 fully saturated rings. The molecule has 0 radical (unpaired) electrons. The topological polar surface area (TPSA) is 52.6 Å². The number of nitrogens with one attached hydrogen (secondary N) is 1. The van der Waals surface area contributed by atoms with E-state index in [1.54, 1.807) is 6.92 Å². The van der Waals surface area contributed by atoms with Gasteiger partial charge in [0, 0.05) is 6.04 Å². The molecule has 0 amide bonds. The summed E-state index contributed by atoms with van der Waals surface area (Å²) in [5.41, 5.74) is -1.03. The zero-order chi connectivity index (χ0) is 16.0. The second-order valence-corrected chi connectivity index (χ2v) is 5.75. The Bertz CT molecular complexity index is 308. The highest BCUT2D eigenvalue weighted by atomic mass is 19.4. The van der Waals surface area contributed by atoms with Crippen molar-refractivity contribution in [1.29, 1.82) is 0 Å². The van der Waals surface area contributed by atoms with Gasteiger partial charge < -0.3 is 5.11 Å². The molecule has 0 aliphatic rings. The summed E-state index contributed by atoms with van der Waals surface area (Å²) in [5, 5.41) is 12.2. The van der Waals surface area contributed by atoms with Gasteiger partial charge in [-0.25, -0.2) is 0 Å². The van der Waals surface area contributed by atoms with Crippen LogP contribution in [0.2, 0.25) is 0 Å². The Morgan fingerprint density at radius 1 is 1.30 bits per heavy atom. The summed E-state index contributed by atoms with van der Waals surface area (Å²) in [6.07, 6.45) is -2.70. The van der Waals surface area contributed by atoms with Crippen LogP contribution < -0.4 is 5.32 Å². The van der Waals surface area contributed by atoms with E-state index in [1.807, 2.05) is 13.8 Å². The van der Waals surface area contributed by atoms with Crippen LogP contribution in [-0.2, 0) is 4.79 Å².